The van der Waals surface area contributed by atoms with Crippen molar-refractivity contribution in [2.24, 2.45) is 0 Å². The molecule has 0 N–H and O–H groups in total. The zero-order valence-corrected chi connectivity index (χ0v) is 55.1. The Morgan fingerprint density at radius 2 is 0.750 bits per heavy atom. The number of anilines is 6. The van der Waals surface area contributed by atoms with E-state index in [2.05, 4.69) is 288 Å². The third kappa shape index (κ3) is 10.6. The molecule has 18 rings (SSSR count). The van der Waals surface area contributed by atoms with E-state index >= 15 is 0 Å². The Morgan fingerprint density at radius 3 is 1.23 bits per heavy atom. The maximum Gasteiger partial charge on any atom is 0.252 e. The fraction of sp³-hybridized carbons (Fsp3) is 0.0435. The Labute approximate surface area is 582 Å². The Kier molecular flexibility index (Phi) is 15.0. The molecule has 0 aliphatic carbocycles. The normalized spacial score (nSPS) is 12.1. The number of nitrogens with zero attached hydrogens (tertiary/aromatic N) is 7. The molecule has 0 amide bonds. The number of hydrogen-bond acceptors (Lipinski definition) is 6. The van der Waals surface area contributed by atoms with Crippen LogP contribution in [-0.4, -0.2) is 26.2 Å². The van der Waals surface area contributed by atoms with Crippen molar-refractivity contribution >= 4 is 79.0 Å². The lowest BCUT2D eigenvalue weighted by molar-refractivity contribution is 0.795. The van der Waals surface area contributed by atoms with Crippen LogP contribution in [0.4, 0.5) is 34.1 Å². The highest BCUT2D eigenvalue weighted by Gasteiger charge is 2.44. The van der Waals surface area contributed by atoms with E-state index in [9.17, 15) is 5.26 Å². The summed E-state index contributed by atoms with van der Waals surface area (Å²) >= 11 is 0. The minimum Gasteiger partial charge on any atom is -0.311 e. The lowest BCUT2D eigenvalue weighted by atomic mass is 9.33. The zero-order chi connectivity index (χ0) is 66.6. The molecule has 0 radical (unpaired) electrons. The van der Waals surface area contributed by atoms with Gasteiger partial charge in [0.05, 0.1) is 28.4 Å². The van der Waals surface area contributed by atoms with E-state index in [-0.39, 0.29) is 6.71 Å². The summed E-state index contributed by atoms with van der Waals surface area (Å²) < 4.78 is 2.37. The van der Waals surface area contributed by atoms with Gasteiger partial charge in [-0.25, -0.2) is 15.0 Å². The minimum atomic E-state index is -0.169. The van der Waals surface area contributed by atoms with E-state index in [0.717, 1.165) is 120 Å². The van der Waals surface area contributed by atoms with Gasteiger partial charge in [-0.15, -0.1) is 0 Å². The van der Waals surface area contributed by atoms with Crippen molar-refractivity contribution in [1.82, 2.24) is 19.5 Å². The lowest BCUT2D eigenvalue weighted by Crippen LogP contribution is -2.61. The van der Waals surface area contributed by atoms with Crippen molar-refractivity contribution in [1.29, 1.82) is 5.26 Å². The maximum absolute atomic E-state index is 10.7. The molecule has 0 saturated carbocycles. The number of fused-ring (bicyclic) bond motifs is 7. The van der Waals surface area contributed by atoms with Crippen LogP contribution >= 0.6 is 0 Å². The molecule has 7 nitrogen and oxygen atoms in total. The van der Waals surface area contributed by atoms with E-state index in [1.807, 2.05) is 72.8 Å². The molecule has 0 fully saturated rings. The second-order valence-electron chi connectivity index (χ2n) is 26.0. The number of rotatable bonds is 14. The van der Waals surface area contributed by atoms with Gasteiger partial charge in [0.2, 0.25) is 0 Å². The first kappa shape index (κ1) is 59.5. The second kappa shape index (κ2) is 25.2. The monoisotopic (exact) mass is 1280 g/mol. The van der Waals surface area contributed by atoms with Crippen molar-refractivity contribution in [2.75, 3.05) is 9.80 Å². The molecule has 0 bridgehead atoms. The summed E-state index contributed by atoms with van der Waals surface area (Å²) in [7, 11) is 0. The fourth-order valence-corrected chi connectivity index (χ4v) is 15.2. The average Bonchev–Trinajstić information content (AvgIpc) is 0.764. The highest BCUT2D eigenvalue weighted by molar-refractivity contribution is 7.00. The number of hydrogen-bond donors (Lipinski definition) is 0. The maximum atomic E-state index is 10.7. The van der Waals surface area contributed by atoms with Crippen molar-refractivity contribution in [2.45, 2.75) is 26.2 Å². The predicted molar refractivity (Wildman–Crippen MR) is 415 cm³/mol. The summed E-state index contributed by atoms with van der Waals surface area (Å²) in [6.07, 6.45) is 3.08. The summed E-state index contributed by atoms with van der Waals surface area (Å²) in [5.41, 5.74) is 29.0. The second-order valence-corrected chi connectivity index (χ2v) is 26.0. The highest BCUT2D eigenvalue weighted by atomic mass is 15.2. The van der Waals surface area contributed by atoms with Crippen LogP contribution in [0, 0.1) is 11.3 Å². The molecule has 100 heavy (non-hydrogen) atoms. The van der Waals surface area contributed by atoms with Crippen molar-refractivity contribution in [3.8, 4) is 102 Å². The minimum absolute atomic E-state index is 0.169. The Morgan fingerprint density at radius 1 is 0.330 bits per heavy atom. The van der Waals surface area contributed by atoms with Gasteiger partial charge in [0.1, 0.15) is 0 Å². The summed E-state index contributed by atoms with van der Waals surface area (Å²) in [6, 6.07) is 123. The number of aromatic nitrogens is 4. The SMILES string of the molecule is CCCCc1ccc2c3cc(-c4cc5c6c(c4)N(c4ccc(-c7ccccc7)cc4)c4ccc(-c7ccccc7)cc4B6c4cc(-c6ccccc6)ccc4N5c4ccc(-c5ccccc5)cc4)ccc3n(-c3ccc(C#N)cc3-c3nc(-c4ccccc4)nc(-c4ccccc4)n3)c2c1. The van der Waals surface area contributed by atoms with E-state index < -0.39 is 0 Å². The van der Waals surface area contributed by atoms with Gasteiger partial charge >= 0.3 is 0 Å². The summed E-state index contributed by atoms with van der Waals surface area (Å²) in [5, 5.41) is 12.9. The first-order valence-electron chi connectivity index (χ1n) is 34.5. The van der Waals surface area contributed by atoms with Crippen LogP contribution in [0.5, 0.6) is 0 Å². The number of unbranched alkanes of at least 4 members (excludes halogenated alkanes) is 1. The zero-order valence-electron chi connectivity index (χ0n) is 55.1. The molecule has 0 saturated heterocycles. The van der Waals surface area contributed by atoms with Gasteiger partial charge < -0.3 is 14.4 Å². The van der Waals surface area contributed by atoms with Crippen molar-refractivity contribution in [3.05, 3.63) is 345 Å². The molecule has 0 unspecified atom stereocenters. The molecule has 4 heterocycles. The molecular weight excluding hydrogens is 1210 g/mol. The van der Waals surface area contributed by atoms with Gasteiger partial charge in [-0.1, -0.05) is 262 Å². The number of nitriles is 1. The molecule has 16 aromatic rings. The largest absolute Gasteiger partial charge is 0.311 e. The van der Waals surface area contributed by atoms with E-state index in [1.165, 1.54) is 55.3 Å². The highest BCUT2D eigenvalue weighted by Crippen LogP contribution is 2.49. The lowest BCUT2D eigenvalue weighted by Gasteiger charge is -2.44. The standard InChI is InChI=1S/C92H64BN7/c1-2-3-22-61-35-48-77-78-55-71(41-50-82(78)100(86(77)54-61)83-49-36-62(60-94)53-79(83)92-96-90(69-31-18-8-19-32-69)95-91(97-92)70-33-20-9-21-34-70)74-58-87-89-88(59-74)99(76-46-39-68(40-47-76)64-25-12-5-13-26-64)85-52-43-73(66-29-16-7-17-30-66)57-81(85)93(89)80-56-72(65-27-14-6-15-28-65)42-51-84(80)98(87)75-44-37-67(38-45-75)63-23-10-4-11-24-63/h4-21,23-59H,2-3,22H2,1H3. The van der Waals surface area contributed by atoms with Crippen LogP contribution in [0.3, 0.4) is 0 Å². The van der Waals surface area contributed by atoms with Crippen LogP contribution in [-0.2, 0) is 6.42 Å². The summed E-state index contributed by atoms with van der Waals surface area (Å²) in [4.78, 5) is 20.7. The molecular formula is C92H64BN7. The Hall–Kier alpha value is -13.0. The van der Waals surface area contributed by atoms with Crippen LogP contribution < -0.4 is 26.2 Å². The predicted octanol–water partition coefficient (Wildman–Crippen LogP) is 21.6. The Balaban J connectivity index is 0.893. The van der Waals surface area contributed by atoms with Crippen molar-refractivity contribution in [3.63, 3.8) is 0 Å². The molecule has 2 aromatic heterocycles. The quantitative estimate of drug-likeness (QED) is 0.101. The molecule has 2 aliphatic rings. The number of benzene rings is 14. The third-order valence-electron chi connectivity index (χ3n) is 20.0. The van der Waals surface area contributed by atoms with Crippen LogP contribution in [0.2, 0.25) is 0 Å². The third-order valence-corrected chi connectivity index (χ3v) is 20.0. The van der Waals surface area contributed by atoms with Gasteiger partial charge in [-0.05, 0) is 175 Å². The van der Waals surface area contributed by atoms with Crippen LogP contribution in [0.1, 0.15) is 30.9 Å². The molecule has 470 valence electrons. The molecule has 2 aliphatic heterocycles. The molecule has 0 spiro atoms. The summed E-state index contributed by atoms with van der Waals surface area (Å²) in [6.45, 7) is 2.08. The topological polar surface area (TPSA) is 73.9 Å². The molecule has 8 heteroatoms. The van der Waals surface area contributed by atoms with Gasteiger partial charge in [-0.3, -0.25) is 0 Å². The van der Waals surface area contributed by atoms with E-state index in [0.29, 0.717) is 23.0 Å². The van der Waals surface area contributed by atoms with Gasteiger partial charge in [0.25, 0.3) is 6.71 Å². The van der Waals surface area contributed by atoms with Gasteiger partial charge in [0.15, 0.2) is 17.5 Å². The Bertz CT molecular complexity index is 5560. The summed E-state index contributed by atoms with van der Waals surface area (Å²) in [5.74, 6) is 1.57. The van der Waals surface area contributed by atoms with Crippen molar-refractivity contribution < 1.29 is 0 Å². The smallest absolute Gasteiger partial charge is 0.252 e. The molecule has 14 aromatic carbocycles. The van der Waals surface area contributed by atoms with Gasteiger partial charge in [0, 0.05) is 61.6 Å². The first-order valence-corrected chi connectivity index (χ1v) is 34.5. The van der Waals surface area contributed by atoms with Gasteiger partial charge in [-0.2, -0.15) is 5.26 Å². The number of aryl methyl sites for hydroxylation is 1. The van der Waals surface area contributed by atoms with Crippen LogP contribution in [0.15, 0.2) is 334 Å². The van der Waals surface area contributed by atoms with E-state index in [4.69, 9.17) is 15.0 Å². The van der Waals surface area contributed by atoms with E-state index in [1.54, 1.807) is 0 Å². The average molecular weight is 1280 g/mol. The fourth-order valence-electron chi connectivity index (χ4n) is 15.2. The first-order chi connectivity index (χ1) is 49.5. The molecule has 0 atom stereocenters. The van der Waals surface area contributed by atoms with Crippen LogP contribution in [0.25, 0.3) is 117 Å².